The van der Waals surface area contributed by atoms with Gasteiger partial charge >= 0.3 is 0 Å². The van der Waals surface area contributed by atoms with Gasteiger partial charge in [-0.2, -0.15) is 22.1 Å². The zero-order valence-corrected chi connectivity index (χ0v) is 16.5. The minimum absolute atomic E-state index is 0.224. The van der Waals surface area contributed by atoms with E-state index in [0.29, 0.717) is 19.5 Å². The van der Waals surface area contributed by atoms with Crippen LogP contribution in [0.3, 0.4) is 0 Å². The lowest BCUT2D eigenvalue weighted by Gasteiger charge is -2.21. The molecule has 0 radical (unpaired) electrons. The van der Waals surface area contributed by atoms with E-state index in [1.54, 1.807) is 37.0 Å². The maximum Gasteiger partial charge on any atom is 0.281 e. The molecule has 0 spiro atoms. The summed E-state index contributed by atoms with van der Waals surface area (Å²) in [7, 11) is -0.225. The van der Waals surface area contributed by atoms with Crippen LogP contribution < -0.4 is 0 Å². The van der Waals surface area contributed by atoms with E-state index in [4.69, 9.17) is 0 Å². The van der Waals surface area contributed by atoms with Crippen LogP contribution in [0, 0.1) is 5.92 Å². The first kappa shape index (κ1) is 18.9. The van der Waals surface area contributed by atoms with Gasteiger partial charge in [-0.25, -0.2) is 0 Å². The molecule has 0 saturated carbocycles. The Morgan fingerprint density at radius 3 is 2.65 bits per heavy atom. The maximum absolute atomic E-state index is 12.3. The standard InChI is InChI=1S/C17H26N6O2S/c1-13(2)23-16(5-7-20-23)17-15(18-8-9-19-17)11-14-6-10-22(12-14)26(24,25)21(3)4/h5,7-9,13-14H,6,10-12H2,1-4H3/t14-/m1/s1. The van der Waals surface area contributed by atoms with Crippen LogP contribution in [0.5, 0.6) is 0 Å². The smallest absolute Gasteiger partial charge is 0.261 e. The quantitative estimate of drug-likeness (QED) is 0.762. The highest BCUT2D eigenvalue weighted by Crippen LogP contribution is 2.28. The van der Waals surface area contributed by atoms with Crippen molar-refractivity contribution in [1.29, 1.82) is 0 Å². The lowest BCUT2D eigenvalue weighted by atomic mass is 10.0. The molecule has 3 heterocycles. The monoisotopic (exact) mass is 378 g/mol. The summed E-state index contributed by atoms with van der Waals surface area (Å²) >= 11 is 0. The molecule has 1 atom stereocenters. The van der Waals surface area contributed by atoms with E-state index in [-0.39, 0.29) is 12.0 Å². The van der Waals surface area contributed by atoms with E-state index in [2.05, 4.69) is 28.9 Å². The molecule has 0 aromatic carbocycles. The molecule has 0 aliphatic carbocycles. The van der Waals surface area contributed by atoms with Crippen LogP contribution in [0.15, 0.2) is 24.7 Å². The highest BCUT2D eigenvalue weighted by molar-refractivity contribution is 7.86. The van der Waals surface area contributed by atoms with Crippen molar-refractivity contribution in [3.05, 3.63) is 30.4 Å². The molecule has 2 aromatic rings. The Morgan fingerprint density at radius 2 is 1.96 bits per heavy atom. The maximum atomic E-state index is 12.3. The fraction of sp³-hybridized carbons (Fsp3) is 0.588. The third kappa shape index (κ3) is 3.65. The van der Waals surface area contributed by atoms with E-state index in [1.165, 1.54) is 4.31 Å². The third-order valence-corrected chi connectivity index (χ3v) is 6.60. The van der Waals surface area contributed by atoms with Crippen molar-refractivity contribution in [2.45, 2.75) is 32.7 Å². The molecule has 0 amide bonds. The van der Waals surface area contributed by atoms with Crippen molar-refractivity contribution >= 4 is 10.2 Å². The van der Waals surface area contributed by atoms with Crippen LogP contribution in [-0.4, -0.2) is 64.0 Å². The molecule has 1 fully saturated rings. The van der Waals surface area contributed by atoms with Gasteiger partial charge in [0, 0.05) is 51.8 Å². The van der Waals surface area contributed by atoms with E-state index in [9.17, 15) is 8.42 Å². The topological polar surface area (TPSA) is 84.2 Å². The van der Waals surface area contributed by atoms with Crippen molar-refractivity contribution in [3.8, 4) is 11.4 Å². The van der Waals surface area contributed by atoms with Crippen molar-refractivity contribution in [2.24, 2.45) is 5.92 Å². The fourth-order valence-corrected chi connectivity index (χ4v) is 4.52. The molecular formula is C17H26N6O2S. The average Bonchev–Trinajstić information content (AvgIpc) is 3.24. The Balaban J connectivity index is 1.81. The van der Waals surface area contributed by atoms with Gasteiger partial charge in [-0.3, -0.25) is 14.6 Å². The Bertz CT molecular complexity index is 862. The summed E-state index contributed by atoms with van der Waals surface area (Å²) in [6.45, 7) is 5.21. The Labute approximate surface area is 155 Å². The first-order chi connectivity index (χ1) is 12.3. The second kappa shape index (κ2) is 7.42. The second-order valence-electron chi connectivity index (χ2n) is 7.11. The van der Waals surface area contributed by atoms with Crippen molar-refractivity contribution in [3.63, 3.8) is 0 Å². The lowest BCUT2D eigenvalue weighted by molar-refractivity contribution is 0.409. The summed E-state index contributed by atoms with van der Waals surface area (Å²) in [5, 5.41) is 4.38. The van der Waals surface area contributed by atoms with E-state index in [1.807, 2.05) is 10.7 Å². The number of hydrogen-bond acceptors (Lipinski definition) is 5. The van der Waals surface area contributed by atoms with Gasteiger partial charge in [0.15, 0.2) is 0 Å². The van der Waals surface area contributed by atoms with Crippen LogP contribution in [0.1, 0.15) is 32.0 Å². The predicted molar refractivity (Wildman–Crippen MR) is 99.6 cm³/mol. The molecule has 1 saturated heterocycles. The summed E-state index contributed by atoms with van der Waals surface area (Å²) in [5.41, 5.74) is 2.66. The first-order valence-corrected chi connectivity index (χ1v) is 10.2. The molecular weight excluding hydrogens is 352 g/mol. The molecule has 2 aromatic heterocycles. The number of aromatic nitrogens is 4. The normalized spacial score (nSPS) is 18.9. The van der Waals surface area contributed by atoms with Crippen LogP contribution in [0.2, 0.25) is 0 Å². The zero-order valence-electron chi connectivity index (χ0n) is 15.7. The van der Waals surface area contributed by atoms with Gasteiger partial charge in [0.2, 0.25) is 0 Å². The van der Waals surface area contributed by atoms with Crippen LogP contribution in [0.25, 0.3) is 11.4 Å². The molecule has 3 rings (SSSR count). The summed E-state index contributed by atoms with van der Waals surface area (Å²) in [6, 6.07) is 2.17. The second-order valence-corrected chi connectivity index (χ2v) is 9.26. The lowest BCUT2D eigenvalue weighted by Crippen LogP contribution is -2.38. The average molecular weight is 379 g/mol. The van der Waals surface area contributed by atoms with Crippen molar-refractivity contribution in [1.82, 2.24) is 28.4 Å². The van der Waals surface area contributed by atoms with Crippen molar-refractivity contribution < 1.29 is 8.42 Å². The molecule has 1 aliphatic heterocycles. The first-order valence-electron chi connectivity index (χ1n) is 8.82. The molecule has 9 heteroatoms. The Morgan fingerprint density at radius 1 is 1.23 bits per heavy atom. The molecule has 142 valence electrons. The largest absolute Gasteiger partial charge is 0.281 e. The van der Waals surface area contributed by atoms with E-state index >= 15 is 0 Å². The summed E-state index contributed by atoms with van der Waals surface area (Å²) < 4.78 is 29.4. The third-order valence-electron chi connectivity index (χ3n) is 4.69. The summed E-state index contributed by atoms with van der Waals surface area (Å²) in [4.78, 5) is 9.08. The van der Waals surface area contributed by atoms with Gasteiger partial charge in [0.05, 0.1) is 11.4 Å². The molecule has 0 unspecified atom stereocenters. The minimum atomic E-state index is -3.36. The number of nitrogens with zero attached hydrogens (tertiary/aromatic N) is 6. The van der Waals surface area contributed by atoms with Gasteiger partial charge in [0.1, 0.15) is 5.69 Å². The fourth-order valence-electron chi connectivity index (χ4n) is 3.32. The summed E-state index contributed by atoms with van der Waals surface area (Å²) in [5.74, 6) is 0.232. The summed E-state index contributed by atoms with van der Waals surface area (Å²) in [6.07, 6.45) is 6.68. The van der Waals surface area contributed by atoms with Crippen LogP contribution in [-0.2, 0) is 16.6 Å². The molecule has 26 heavy (non-hydrogen) atoms. The minimum Gasteiger partial charge on any atom is -0.261 e. The van der Waals surface area contributed by atoms with Gasteiger partial charge in [0.25, 0.3) is 10.2 Å². The Hall–Kier alpha value is -1.84. The van der Waals surface area contributed by atoms with Gasteiger partial charge < -0.3 is 0 Å². The van der Waals surface area contributed by atoms with Gasteiger partial charge in [-0.15, -0.1) is 0 Å². The van der Waals surface area contributed by atoms with Crippen LogP contribution >= 0.6 is 0 Å². The van der Waals surface area contributed by atoms with E-state index in [0.717, 1.165) is 23.5 Å². The Kier molecular flexibility index (Phi) is 5.40. The van der Waals surface area contributed by atoms with Crippen LogP contribution in [0.4, 0.5) is 0 Å². The molecule has 1 aliphatic rings. The predicted octanol–water partition coefficient (Wildman–Crippen LogP) is 1.59. The zero-order chi connectivity index (χ0) is 18.9. The highest BCUT2D eigenvalue weighted by atomic mass is 32.2. The van der Waals surface area contributed by atoms with Gasteiger partial charge in [-0.05, 0) is 38.7 Å². The van der Waals surface area contributed by atoms with E-state index < -0.39 is 10.2 Å². The molecule has 0 N–H and O–H groups in total. The molecule has 0 bridgehead atoms. The highest BCUT2D eigenvalue weighted by Gasteiger charge is 2.33. The SMILES string of the molecule is CC(C)n1nccc1-c1nccnc1C[C@H]1CCN(S(=O)(=O)N(C)C)C1. The van der Waals surface area contributed by atoms with Crippen molar-refractivity contribution in [2.75, 3.05) is 27.2 Å². The number of hydrogen-bond donors (Lipinski definition) is 0. The van der Waals surface area contributed by atoms with Gasteiger partial charge in [-0.1, -0.05) is 0 Å². The molecule has 8 nitrogen and oxygen atoms in total. The number of rotatable bonds is 6.